The summed E-state index contributed by atoms with van der Waals surface area (Å²) in [7, 11) is 0. The fraction of sp³-hybridized carbons (Fsp3) is 0.500. The van der Waals surface area contributed by atoms with E-state index >= 15 is 0 Å². The third kappa shape index (κ3) is 2.98. The summed E-state index contributed by atoms with van der Waals surface area (Å²) in [6, 6.07) is 3.49. The second kappa shape index (κ2) is 5.09. The van der Waals surface area contributed by atoms with Gasteiger partial charge in [0.25, 0.3) is 0 Å². The molecule has 19 heavy (non-hydrogen) atoms. The van der Waals surface area contributed by atoms with E-state index in [0.717, 1.165) is 37.3 Å². The molecule has 0 bridgehead atoms. The van der Waals surface area contributed by atoms with Crippen molar-refractivity contribution >= 4 is 17.3 Å². The van der Waals surface area contributed by atoms with Crippen LogP contribution in [-0.2, 0) is 4.74 Å². The molecule has 4 N–H and O–H groups in total. The lowest BCUT2D eigenvalue weighted by Gasteiger charge is -2.35. The largest absolute Gasteiger partial charge is 0.478 e. The van der Waals surface area contributed by atoms with Crippen molar-refractivity contribution in [2.75, 3.05) is 24.3 Å². The number of nitrogen functional groups attached to an aromatic ring is 1. The van der Waals surface area contributed by atoms with Gasteiger partial charge in [-0.1, -0.05) is 0 Å². The number of nitrogens with one attached hydrogen (secondary N) is 1. The Morgan fingerprint density at radius 3 is 2.63 bits per heavy atom. The van der Waals surface area contributed by atoms with E-state index < -0.39 is 5.97 Å². The van der Waals surface area contributed by atoms with Crippen molar-refractivity contribution in [1.82, 2.24) is 0 Å². The van der Waals surface area contributed by atoms with Crippen molar-refractivity contribution in [2.24, 2.45) is 0 Å². The molecule has 0 spiro atoms. The van der Waals surface area contributed by atoms with E-state index in [-0.39, 0.29) is 11.1 Å². The number of hydrogen-bond donors (Lipinski definition) is 3. The summed E-state index contributed by atoms with van der Waals surface area (Å²) >= 11 is 0. The molecular weight excluding hydrogens is 244 g/mol. The molecule has 0 radical (unpaired) electrons. The van der Waals surface area contributed by atoms with Crippen LogP contribution in [0.15, 0.2) is 12.1 Å². The second-order valence-corrected chi connectivity index (χ2v) is 5.36. The molecule has 0 unspecified atom stereocenters. The number of aryl methyl sites for hydroxylation is 1. The van der Waals surface area contributed by atoms with Gasteiger partial charge in [0.15, 0.2) is 0 Å². The van der Waals surface area contributed by atoms with Gasteiger partial charge < -0.3 is 20.9 Å². The molecule has 2 rings (SSSR count). The SMILES string of the molecule is Cc1cc(NC2(C)CCOCC2)cc(C(=O)O)c1N. The molecule has 0 saturated carbocycles. The van der Waals surface area contributed by atoms with E-state index in [1.807, 2.05) is 13.0 Å². The minimum absolute atomic E-state index is 0.0589. The maximum atomic E-state index is 11.2. The van der Waals surface area contributed by atoms with Crippen LogP contribution < -0.4 is 11.1 Å². The van der Waals surface area contributed by atoms with Crippen LogP contribution in [0.5, 0.6) is 0 Å². The molecule has 1 saturated heterocycles. The minimum atomic E-state index is -0.999. The summed E-state index contributed by atoms with van der Waals surface area (Å²) in [5, 5.41) is 12.6. The van der Waals surface area contributed by atoms with E-state index in [1.165, 1.54) is 0 Å². The van der Waals surface area contributed by atoms with Crippen LogP contribution in [0.25, 0.3) is 0 Å². The van der Waals surface area contributed by atoms with Gasteiger partial charge in [-0.25, -0.2) is 4.79 Å². The van der Waals surface area contributed by atoms with E-state index in [4.69, 9.17) is 15.6 Å². The highest BCUT2D eigenvalue weighted by Crippen LogP contribution is 2.29. The third-order valence-electron chi connectivity index (χ3n) is 3.66. The number of benzene rings is 1. The molecule has 1 heterocycles. The summed E-state index contributed by atoms with van der Waals surface area (Å²) in [6.07, 6.45) is 1.80. The van der Waals surface area contributed by atoms with Crippen LogP contribution in [0.2, 0.25) is 0 Å². The fourth-order valence-corrected chi connectivity index (χ4v) is 2.34. The van der Waals surface area contributed by atoms with Gasteiger partial charge in [-0.2, -0.15) is 0 Å². The summed E-state index contributed by atoms with van der Waals surface area (Å²) < 4.78 is 5.35. The molecule has 1 aliphatic heterocycles. The lowest BCUT2D eigenvalue weighted by molar-refractivity contribution is 0.0656. The highest BCUT2D eigenvalue weighted by Gasteiger charge is 2.27. The Morgan fingerprint density at radius 1 is 1.42 bits per heavy atom. The Balaban J connectivity index is 2.27. The van der Waals surface area contributed by atoms with Gasteiger partial charge in [-0.3, -0.25) is 0 Å². The van der Waals surface area contributed by atoms with E-state index in [2.05, 4.69) is 12.2 Å². The van der Waals surface area contributed by atoms with E-state index in [0.29, 0.717) is 5.69 Å². The molecule has 1 aromatic rings. The first-order valence-corrected chi connectivity index (χ1v) is 6.41. The maximum absolute atomic E-state index is 11.2. The van der Waals surface area contributed by atoms with Gasteiger partial charge in [0.05, 0.1) is 5.56 Å². The van der Waals surface area contributed by atoms with Crippen molar-refractivity contribution in [1.29, 1.82) is 0 Å². The first-order chi connectivity index (χ1) is 8.91. The summed E-state index contributed by atoms with van der Waals surface area (Å²) in [5.41, 5.74) is 7.79. The smallest absolute Gasteiger partial charge is 0.337 e. The molecule has 1 aliphatic rings. The molecule has 0 atom stereocenters. The van der Waals surface area contributed by atoms with Gasteiger partial charge in [0.2, 0.25) is 0 Å². The lowest BCUT2D eigenvalue weighted by atomic mass is 9.92. The molecule has 0 aliphatic carbocycles. The molecule has 0 aromatic heterocycles. The topological polar surface area (TPSA) is 84.6 Å². The summed E-state index contributed by atoms with van der Waals surface area (Å²) in [5.74, 6) is -0.999. The Morgan fingerprint density at radius 2 is 2.05 bits per heavy atom. The molecule has 0 amide bonds. The quantitative estimate of drug-likeness (QED) is 0.729. The molecular formula is C14H20N2O3. The Bertz CT molecular complexity index is 494. The maximum Gasteiger partial charge on any atom is 0.337 e. The number of rotatable bonds is 3. The Labute approximate surface area is 112 Å². The number of carboxylic acids is 1. The molecule has 1 aromatic carbocycles. The number of hydrogen-bond acceptors (Lipinski definition) is 4. The zero-order chi connectivity index (χ0) is 14.0. The number of carboxylic acid groups (broad SMARTS) is 1. The van der Waals surface area contributed by atoms with Crippen LogP contribution in [0.1, 0.15) is 35.7 Å². The average molecular weight is 264 g/mol. The monoisotopic (exact) mass is 264 g/mol. The van der Waals surface area contributed by atoms with Crippen LogP contribution in [0, 0.1) is 6.92 Å². The molecule has 5 nitrogen and oxygen atoms in total. The first kappa shape index (κ1) is 13.7. The number of nitrogens with two attached hydrogens (primary N) is 1. The van der Waals surface area contributed by atoms with Crippen LogP contribution >= 0.6 is 0 Å². The van der Waals surface area contributed by atoms with Crippen molar-refractivity contribution < 1.29 is 14.6 Å². The zero-order valence-corrected chi connectivity index (χ0v) is 11.3. The fourth-order valence-electron chi connectivity index (χ4n) is 2.34. The minimum Gasteiger partial charge on any atom is -0.478 e. The normalized spacial score (nSPS) is 18.0. The Kier molecular flexibility index (Phi) is 3.66. The second-order valence-electron chi connectivity index (χ2n) is 5.36. The number of anilines is 2. The van der Waals surface area contributed by atoms with Gasteiger partial charge in [-0.05, 0) is 44.4 Å². The molecule has 1 fully saturated rings. The van der Waals surface area contributed by atoms with Crippen LogP contribution in [0.3, 0.4) is 0 Å². The van der Waals surface area contributed by atoms with Crippen molar-refractivity contribution in [3.05, 3.63) is 23.3 Å². The predicted octanol–water partition coefficient (Wildman–Crippen LogP) is 2.26. The highest BCUT2D eigenvalue weighted by atomic mass is 16.5. The van der Waals surface area contributed by atoms with Crippen molar-refractivity contribution in [3.8, 4) is 0 Å². The highest BCUT2D eigenvalue weighted by molar-refractivity contribution is 5.95. The van der Waals surface area contributed by atoms with Gasteiger partial charge >= 0.3 is 5.97 Å². The number of ether oxygens (including phenoxy) is 1. The Hall–Kier alpha value is -1.75. The lowest BCUT2D eigenvalue weighted by Crippen LogP contribution is -2.40. The molecule has 5 heteroatoms. The molecule has 104 valence electrons. The van der Waals surface area contributed by atoms with Gasteiger partial charge in [0.1, 0.15) is 0 Å². The number of carbonyl (C=O) groups is 1. The summed E-state index contributed by atoms with van der Waals surface area (Å²) in [4.78, 5) is 11.2. The van der Waals surface area contributed by atoms with Crippen LogP contribution in [0.4, 0.5) is 11.4 Å². The average Bonchev–Trinajstić information content (AvgIpc) is 2.33. The third-order valence-corrected chi connectivity index (χ3v) is 3.66. The number of aromatic carboxylic acids is 1. The van der Waals surface area contributed by atoms with Crippen molar-refractivity contribution in [3.63, 3.8) is 0 Å². The van der Waals surface area contributed by atoms with Crippen LogP contribution in [-0.4, -0.2) is 29.8 Å². The summed E-state index contributed by atoms with van der Waals surface area (Å²) in [6.45, 7) is 5.40. The standard InChI is InChI=1S/C14H20N2O3/c1-9-7-10(8-11(12(9)15)13(17)18)16-14(2)3-5-19-6-4-14/h7-8,16H,3-6,15H2,1-2H3,(H,17,18). The van der Waals surface area contributed by atoms with E-state index in [1.54, 1.807) is 6.07 Å². The zero-order valence-electron chi connectivity index (χ0n) is 11.3. The van der Waals surface area contributed by atoms with Crippen molar-refractivity contribution in [2.45, 2.75) is 32.2 Å². The van der Waals surface area contributed by atoms with E-state index in [9.17, 15) is 4.79 Å². The predicted molar refractivity (Wildman–Crippen MR) is 74.6 cm³/mol. The first-order valence-electron chi connectivity index (χ1n) is 6.41. The van der Waals surface area contributed by atoms with Gasteiger partial charge in [-0.15, -0.1) is 0 Å². The van der Waals surface area contributed by atoms with Gasteiger partial charge in [0, 0.05) is 30.1 Å².